The molecule has 9 nitrogen and oxygen atoms in total. The second-order valence-corrected chi connectivity index (χ2v) is 7.72. The molecule has 1 N–H and O–H groups in total. The van der Waals surface area contributed by atoms with E-state index in [0.29, 0.717) is 18.2 Å². The molecule has 1 saturated carbocycles. The van der Waals surface area contributed by atoms with Gasteiger partial charge in [-0.05, 0) is 44.6 Å². The summed E-state index contributed by atoms with van der Waals surface area (Å²) in [6.07, 6.45) is 9.37. The number of nitrogens with one attached hydrogen (secondary N) is 1. The average molecular weight is 381 g/mol. The van der Waals surface area contributed by atoms with Crippen LogP contribution in [-0.2, 0) is 26.4 Å². The standard InChI is InChI=1S/C19H23N7O2/c1-25-16(11-26-8-4-7-20-26)22-23-18(25)12-9-13(10-12)21-19(27)17-14-5-2-3-6-15(14)24-28-17/h4,7-8,12-13H,2-3,5-6,9-11H2,1H3,(H,21,27). The Bertz CT molecular complexity index is 982. The van der Waals surface area contributed by atoms with Crippen molar-refractivity contribution < 1.29 is 9.32 Å². The highest BCUT2D eigenvalue weighted by Crippen LogP contribution is 2.36. The van der Waals surface area contributed by atoms with Crippen LogP contribution in [0, 0.1) is 0 Å². The SMILES string of the molecule is Cn1c(Cn2cccn2)nnc1C1CC(NC(=O)c2onc3c2CCCC3)C1. The molecule has 0 atom stereocenters. The molecule has 5 rings (SSSR count). The lowest BCUT2D eigenvalue weighted by atomic mass is 9.79. The minimum Gasteiger partial charge on any atom is -0.350 e. The molecule has 0 unspecified atom stereocenters. The van der Waals surface area contributed by atoms with Crippen molar-refractivity contribution in [3.05, 3.63) is 47.1 Å². The first-order chi connectivity index (χ1) is 13.7. The van der Waals surface area contributed by atoms with Crippen LogP contribution in [0.1, 0.15) is 65.1 Å². The Balaban J connectivity index is 1.19. The van der Waals surface area contributed by atoms with Gasteiger partial charge in [0.15, 0.2) is 5.82 Å². The first kappa shape index (κ1) is 17.2. The predicted molar refractivity (Wildman–Crippen MR) is 98.7 cm³/mol. The Hall–Kier alpha value is -2.97. The molecule has 2 aliphatic carbocycles. The Morgan fingerprint density at radius 2 is 2.14 bits per heavy atom. The van der Waals surface area contributed by atoms with Crippen molar-refractivity contribution in [2.24, 2.45) is 7.05 Å². The van der Waals surface area contributed by atoms with Gasteiger partial charge < -0.3 is 14.4 Å². The molecule has 0 radical (unpaired) electrons. The molecule has 3 heterocycles. The third-order valence-corrected chi connectivity index (χ3v) is 5.87. The molecule has 3 aromatic rings. The van der Waals surface area contributed by atoms with Crippen molar-refractivity contribution in [2.45, 2.75) is 57.0 Å². The van der Waals surface area contributed by atoms with Crippen LogP contribution in [-0.4, -0.2) is 41.7 Å². The smallest absolute Gasteiger partial charge is 0.290 e. The molecule has 0 aliphatic heterocycles. The molecular weight excluding hydrogens is 358 g/mol. The summed E-state index contributed by atoms with van der Waals surface area (Å²) in [5.74, 6) is 2.40. The van der Waals surface area contributed by atoms with Crippen LogP contribution in [0.5, 0.6) is 0 Å². The largest absolute Gasteiger partial charge is 0.350 e. The third-order valence-electron chi connectivity index (χ3n) is 5.87. The van der Waals surface area contributed by atoms with E-state index in [2.05, 4.69) is 25.8 Å². The number of amides is 1. The second kappa shape index (κ2) is 6.88. The molecule has 28 heavy (non-hydrogen) atoms. The zero-order valence-electron chi connectivity index (χ0n) is 15.8. The van der Waals surface area contributed by atoms with E-state index in [-0.39, 0.29) is 11.9 Å². The van der Waals surface area contributed by atoms with Gasteiger partial charge in [-0.25, -0.2) is 0 Å². The summed E-state index contributed by atoms with van der Waals surface area (Å²) >= 11 is 0. The van der Waals surface area contributed by atoms with E-state index in [1.54, 1.807) is 6.20 Å². The van der Waals surface area contributed by atoms with Crippen LogP contribution >= 0.6 is 0 Å². The first-order valence-electron chi connectivity index (χ1n) is 9.83. The monoisotopic (exact) mass is 381 g/mol. The zero-order chi connectivity index (χ0) is 19.1. The molecule has 146 valence electrons. The number of aryl methyl sites for hydroxylation is 1. The number of fused-ring (bicyclic) bond motifs is 1. The van der Waals surface area contributed by atoms with E-state index in [9.17, 15) is 4.79 Å². The summed E-state index contributed by atoms with van der Waals surface area (Å²) < 4.78 is 9.20. The van der Waals surface area contributed by atoms with Gasteiger partial charge in [-0.1, -0.05) is 5.16 Å². The third kappa shape index (κ3) is 3.00. The van der Waals surface area contributed by atoms with E-state index < -0.39 is 0 Å². The molecule has 1 amide bonds. The molecule has 0 saturated heterocycles. The van der Waals surface area contributed by atoms with Crippen LogP contribution in [0.3, 0.4) is 0 Å². The summed E-state index contributed by atoms with van der Waals surface area (Å²) in [7, 11) is 1.99. The fraction of sp³-hybridized carbons (Fsp3) is 0.526. The van der Waals surface area contributed by atoms with Gasteiger partial charge in [0.05, 0.1) is 5.69 Å². The minimum atomic E-state index is -0.142. The zero-order valence-corrected chi connectivity index (χ0v) is 15.8. The van der Waals surface area contributed by atoms with E-state index in [1.165, 1.54) is 0 Å². The van der Waals surface area contributed by atoms with Gasteiger partial charge in [0.2, 0.25) is 5.76 Å². The normalized spacial score (nSPS) is 21.2. The quantitative estimate of drug-likeness (QED) is 0.720. The van der Waals surface area contributed by atoms with Crippen molar-refractivity contribution in [1.29, 1.82) is 0 Å². The summed E-state index contributed by atoms with van der Waals surface area (Å²) in [5, 5.41) is 20.1. The molecule has 2 aliphatic rings. The van der Waals surface area contributed by atoms with Gasteiger partial charge in [-0.3, -0.25) is 9.48 Å². The molecule has 1 fully saturated rings. The molecule has 0 aromatic carbocycles. The van der Waals surface area contributed by atoms with Gasteiger partial charge in [0.1, 0.15) is 12.4 Å². The van der Waals surface area contributed by atoms with Crippen molar-refractivity contribution in [2.75, 3.05) is 0 Å². The van der Waals surface area contributed by atoms with Gasteiger partial charge in [-0.15, -0.1) is 10.2 Å². The van der Waals surface area contributed by atoms with Crippen LogP contribution in [0.25, 0.3) is 0 Å². The number of rotatable bonds is 5. The molecule has 3 aromatic heterocycles. The van der Waals surface area contributed by atoms with Crippen molar-refractivity contribution in [3.63, 3.8) is 0 Å². The van der Waals surface area contributed by atoms with E-state index in [4.69, 9.17) is 4.52 Å². The van der Waals surface area contributed by atoms with Gasteiger partial charge in [0, 0.05) is 37.0 Å². The van der Waals surface area contributed by atoms with Gasteiger partial charge in [-0.2, -0.15) is 5.10 Å². The van der Waals surface area contributed by atoms with E-state index in [0.717, 1.165) is 61.4 Å². The van der Waals surface area contributed by atoms with E-state index in [1.807, 2.05) is 28.6 Å². The summed E-state index contributed by atoms with van der Waals surface area (Å²) in [6, 6.07) is 2.02. The molecule has 0 spiro atoms. The average Bonchev–Trinajstić information content (AvgIpc) is 3.40. The first-order valence-corrected chi connectivity index (χ1v) is 9.83. The van der Waals surface area contributed by atoms with Crippen molar-refractivity contribution >= 4 is 5.91 Å². The maximum absolute atomic E-state index is 12.6. The second-order valence-electron chi connectivity index (χ2n) is 7.72. The fourth-order valence-corrected chi connectivity index (χ4v) is 4.17. The Morgan fingerprint density at radius 3 is 2.96 bits per heavy atom. The number of carbonyl (C=O) groups is 1. The molecular formula is C19H23N7O2. The highest BCUT2D eigenvalue weighted by Gasteiger charge is 2.36. The Kier molecular flexibility index (Phi) is 4.22. The fourth-order valence-electron chi connectivity index (χ4n) is 4.17. The van der Waals surface area contributed by atoms with Gasteiger partial charge >= 0.3 is 0 Å². The van der Waals surface area contributed by atoms with Crippen LogP contribution < -0.4 is 5.32 Å². The number of hydrogen-bond acceptors (Lipinski definition) is 6. The topological polar surface area (TPSA) is 104 Å². The maximum atomic E-state index is 12.6. The summed E-state index contributed by atoms with van der Waals surface area (Å²) in [6.45, 7) is 0.597. The van der Waals surface area contributed by atoms with Crippen molar-refractivity contribution in [1.82, 2.24) is 35.0 Å². The van der Waals surface area contributed by atoms with Crippen LogP contribution in [0.15, 0.2) is 23.0 Å². The number of nitrogens with zero attached hydrogens (tertiary/aromatic N) is 6. The lowest BCUT2D eigenvalue weighted by molar-refractivity contribution is 0.0868. The lowest BCUT2D eigenvalue weighted by Crippen LogP contribution is -2.44. The summed E-state index contributed by atoms with van der Waals surface area (Å²) in [5.41, 5.74) is 1.95. The van der Waals surface area contributed by atoms with Crippen LogP contribution in [0.2, 0.25) is 0 Å². The van der Waals surface area contributed by atoms with Crippen LogP contribution in [0.4, 0.5) is 0 Å². The summed E-state index contributed by atoms with van der Waals surface area (Å²) in [4.78, 5) is 12.6. The highest BCUT2D eigenvalue weighted by molar-refractivity contribution is 5.93. The highest BCUT2D eigenvalue weighted by atomic mass is 16.5. The lowest BCUT2D eigenvalue weighted by Gasteiger charge is -2.34. The number of aromatic nitrogens is 6. The predicted octanol–water partition coefficient (Wildman–Crippen LogP) is 1.60. The Morgan fingerprint density at radius 1 is 1.29 bits per heavy atom. The van der Waals surface area contributed by atoms with Gasteiger partial charge in [0.25, 0.3) is 5.91 Å². The number of hydrogen-bond donors (Lipinski definition) is 1. The minimum absolute atomic E-state index is 0.133. The molecule has 0 bridgehead atoms. The number of carbonyl (C=O) groups excluding carboxylic acids is 1. The molecule has 9 heteroatoms. The maximum Gasteiger partial charge on any atom is 0.290 e. The van der Waals surface area contributed by atoms with Crippen molar-refractivity contribution in [3.8, 4) is 0 Å². The van der Waals surface area contributed by atoms with E-state index >= 15 is 0 Å². The Labute approximate surface area is 162 Å².